The number of anilines is 1. The molecule has 0 radical (unpaired) electrons. The van der Waals surface area contributed by atoms with Crippen LogP contribution in [0.25, 0.3) is 0 Å². The van der Waals surface area contributed by atoms with E-state index in [2.05, 4.69) is 10.1 Å². The minimum absolute atomic E-state index is 0.301. The zero-order chi connectivity index (χ0) is 19.3. The molecule has 1 unspecified atom stereocenters. The summed E-state index contributed by atoms with van der Waals surface area (Å²) < 4.78 is 10.6. The summed E-state index contributed by atoms with van der Waals surface area (Å²) >= 11 is 6.13. The van der Waals surface area contributed by atoms with Crippen LogP contribution in [-0.4, -0.2) is 25.1 Å². The highest BCUT2D eigenvalue weighted by Gasteiger charge is 2.21. The summed E-state index contributed by atoms with van der Waals surface area (Å²) in [5.74, 6) is -0.181. The van der Waals surface area contributed by atoms with Crippen molar-refractivity contribution in [3.05, 3.63) is 58.1 Å². The van der Waals surface area contributed by atoms with Gasteiger partial charge in [0.15, 0.2) is 6.10 Å². The van der Waals surface area contributed by atoms with Crippen LogP contribution in [0.3, 0.4) is 0 Å². The van der Waals surface area contributed by atoms with Crippen molar-refractivity contribution in [1.29, 1.82) is 0 Å². The Balaban J connectivity index is 2.17. The lowest BCUT2D eigenvalue weighted by Gasteiger charge is -2.19. The highest BCUT2D eigenvalue weighted by molar-refractivity contribution is 6.33. The van der Waals surface area contributed by atoms with E-state index in [1.54, 1.807) is 0 Å². The smallest absolute Gasteiger partial charge is 0.337 e. The molecule has 26 heavy (non-hydrogen) atoms. The van der Waals surface area contributed by atoms with Gasteiger partial charge in [-0.25, -0.2) is 4.79 Å². The summed E-state index contributed by atoms with van der Waals surface area (Å²) in [5, 5.41) is 3.05. The van der Waals surface area contributed by atoms with E-state index in [1.165, 1.54) is 25.3 Å². The second-order valence-electron chi connectivity index (χ2n) is 5.96. The lowest BCUT2D eigenvalue weighted by Crippen LogP contribution is -2.32. The second-order valence-corrected chi connectivity index (χ2v) is 6.37. The lowest BCUT2D eigenvalue weighted by atomic mass is 10.1. The highest BCUT2D eigenvalue weighted by atomic mass is 35.5. The average Bonchev–Trinajstić information content (AvgIpc) is 2.62. The Hall–Kier alpha value is -2.53. The number of esters is 1. The number of amides is 1. The van der Waals surface area contributed by atoms with Gasteiger partial charge in [0.2, 0.25) is 0 Å². The van der Waals surface area contributed by atoms with Gasteiger partial charge < -0.3 is 14.8 Å². The van der Waals surface area contributed by atoms with Crippen molar-refractivity contribution in [3.63, 3.8) is 0 Å². The number of carbonyl (C=O) groups excluding carboxylic acids is 2. The van der Waals surface area contributed by atoms with Gasteiger partial charge in [0.1, 0.15) is 5.75 Å². The maximum Gasteiger partial charge on any atom is 0.337 e. The van der Waals surface area contributed by atoms with Gasteiger partial charge in [-0.05, 0) is 50.1 Å². The van der Waals surface area contributed by atoms with Crippen LogP contribution in [0, 0.1) is 13.8 Å². The van der Waals surface area contributed by atoms with E-state index in [-0.39, 0.29) is 5.91 Å². The molecule has 2 aromatic rings. The summed E-state index contributed by atoms with van der Waals surface area (Å²) in [6.45, 7) is 5.79. The third kappa shape index (κ3) is 4.76. The van der Waals surface area contributed by atoms with E-state index in [0.29, 0.717) is 28.4 Å². The molecule has 0 aliphatic carbocycles. The first kappa shape index (κ1) is 19.8. The van der Waals surface area contributed by atoms with Gasteiger partial charge in [-0.1, -0.05) is 36.2 Å². The van der Waals surface area contributed by atoms with Crippen LogP contribution in [0.4, 0.5) is 5.69 Å². The standard InChI is InChI=1S/C20H22ClNO4/c1-5-17(26-18-9-6-12(2)10-13(18)3)19(23)22-16-11-14(20(24)25-4)7-8-15(16)21/h6-11,17H,5H2,1-4H3,(H,22,23). The number of carbonyl (C=O) groups is 2. The summed E-state index contributed by atoms with van der Waals surface area (Å²) in [5.41, 5.74) is 2.72. The number of benzene rings is 2. The molecular weight excluding hydrogens is 354 g/mol. The van der Waals surface area contributed by atoms with E-state index in [1.807, 2.05) is 39.0 Å². The van der Waals surface area contributed by atoms with E-state index in [9.17, 15) is 9.59 Å². The zero-order valence-electron chi connectivity index (χ0n) is 15.3. The highest BCUT2D eigenvalue weighted by Crippen LogP contribution is 2.25. The molecular formula is C20H22ClNO4. The molecule has 5 nitrogen and oxygen atoms in total. The molecule has 138 valence electrons. The van der Waals surface area contributed by atoms with Crippen LogP contribution in [0.15, 0.2) is 36.4 Å². The van der Waals surface area contributed by atoms with Crippen LogP contribution in [-0.2, 0) is 9.53 Å². The number of ether oxygens (including phenoxy) is 2. The first-order valence-electron chi connectivity index (χ1n) is 8.28. The van der Waals surface area contributed by atoms with Gasteiger partial charge in [0, 0.05) is 0 Å². The van der Waals surface area contributed by atoms with Crippen molar-refractivity contribution in [1.82, 2.24) is 0 Å². The number of rotatable bonds is 6. The molecule has 0 saturated carbocycles. The lowest BCUT2D eigenvalue weighted by molar-refractivity contribution is -0.122. The van der Waals surface area contributed by atoms with Crippen LogP contribution in [0.1, 0.15) is 34.8 Å². The Labute approximate surface area is 158 Å². The predicted molar refractivity (Wildman–Crippen MR) is 102 cm³/mol. The SMILES string of the molecule is CCC(Oc1ccc(C)cc1C)C(=O)Nc1cc(C(=O)OC)ccc1Cl. The first-order chi connectivity index (χ1) is 12.3. The third-order valence-corrected chi connectivity index (χ3v) is 4.24. The second kappa shape index (κ2) is 8.72. The van der Waals surface area contributed by atoms with Crippen LogP contribution >= 0.6 is 11.6 Å². The summed E-state index contributed by atoms with van der Waals surface area (Å²) in [7, 11) is 1.29. The van der Waals surface area contributed by atoms with Gasteiger partial charge >= 0.3 is 5.97 Å². The molecule has 6 heteroatoms. The van der Waals surface area contributed by atoms with Crippen LogP contribution in [0.2, 0.25) is 5.02 Å². The number of aryl methyl sites for hydroxylation is 2. The van der Waals surface area contributed by atoms with Gasteiger partial charge in [0.25, 0.3) is 5.91 Å². The number of halogens is 1. The normalized spacial score (nSPS) is 11.6. The van der Waals surface area contributed by atoms with E-state index >= 15 is 0 Å². The number of hydrogen-bond donors (Lipinski definition) is 1. The Morgan fingerprint density at radius 2 is 1.88 bits per heavy atom. The Morgan fingerprint density at radius 1 is 1.15 bits per heavy atom. The molecule has 0 bridgehead atoms. The zero-order valence-corrected chi connectivity index (χ0v) is 16.0. The minimum Gasteiger partial charge on any atom is -0.480 e. The Kier molecular flexibility index (Phi) is 6.64. The fourth-order valence-corrected chi connectivity index (χ4v) is 2.65. The van der Waals surface area contributed by atoms with E-state index in [4.69, 9.17) is 16.3 Å². The molecule has 0 spiro atoms. The van der Waals surface area contributed by atoms with Crippen LogP contribution in [0.5, 0.6) is 5.75 Å². The first-order valence-corrected chi connectivity index (χ1v) is 8.66. The fourth-order valence-electron chi connectivity index (χ4n) is 2.49. The molecule has 0 fully saturated rings. The van der Waals surface area contributed by atoms with E-state index in [0.717, 1.165) is 11.1 Å². The maximum atomic E-state index is 12.6. The molecule has 1 N–H and O–H groups in total. The molecule has 0 aromatic heterocycles. The summed E-state index contributed by atoms with van der Waals surface area (Å²) in [6, 6.07) is 10.3. The Bertz CT molecular complexity index is 819. The van der Waals surface area contributed by atoms with Gasteiger partial charge in [0.05, 0.1) is 23.4 Å². The predicted octanol–water partition coefficient (Wildman–Crippen LogP) is 4.54. The third-order valence-electron chi connectivity index (χ3n) is 3.91. The van der Waals surface area contributed by atoms with Gasteiger partial charge in [-0.3, -0.25) is 4.79 Å². The molecule has 0 heterocycles. The quantitative estimate of drug-likeness (QED) is 0.753. The molecule has 1 atom stereocenters. The molecule has 1 amide bonds. The number of hydrogen-bond acceptors (Lipinski definition) is 4. The summed E-state index contributed by atoms with van der Waals surface area (Å²) in [4.78, 5) is 24.3. The van der Waals surface area contributed by atoms with Gasteiger partial charge in [-0.2, -0.15) is 0 Å². The van der Waals surface area contributed by atoms with Crippen molar-refractivity contribution < 1.29 is 19.1 Å². The van der Waals surface area contributed by atoms with Crippen molar-refractivity contribution in [2.75, 3.05) is 12.4 Å². The molecule has 2 aromatic carbocycles. The van der Waals surface area contributed by atoms with Crippen molar-refractivity contribution >= 4 is 29.2 Å². The van der Waals surface area contributed by atoms with Gasteiger partial charge in [-0.15, -0.1) is 0 Å². The average molecular weight is 376 g/mol. The van der Waals surface area contributed by atoms with Crippen molar-refractivity contribution in [2.45, 2.75) is 33.3 Å². The van der Waals surface area contributed by atoms with E-state index < -0.39 is 12.1 Å². The molecule has 0 aliphatic heterocycles. The number of methoxy groups -OCH3 is 1. The summed E-state index contributed by atoms with van der Waals surface area (Å²) in [6.07, 6.45) is -0.206. The molecule has 2 rings (SSSR count). The maximum absolute atomic E-state index is 12.6. The molecule has 0 saturated heterocycles. The Morgan fingerprint density at radius 3 is 2.50 bits per heavy atom. The van der Waals surface area contributed by atoms with Crippen molar-refractivity contribution in [2.24, 2.45) is 0 Å². The fraction of sp³-hybridized carbons (Fsp3) is 0.300. The minimum atomic E-state index is -0.686. The number of nitrogens with one attached hydrogen (secondary N) is 1. The topological polar surface area (TPSA) is 64.6 Å². The van der Waals surface area contributed by atoms with Crippen LogP contribution < -0.4 is 10.1 Å². The molecule has 0 aliphatic rings. The largest absolute Gasteiger partial charge is 0.480 e. The monoisotopic (exact) mass is 375 g/mol. The van der Waals surface area contributed by atoms with Crippen molar-refractivity contribution in [3.8, 4) is 5.75 Å².